The van der Waals surface area contributed by atoms with E-state index in [-0.39, 0.29) is 5.96 Å². The van der Waals surface area contributed by atoms with E-state index in [1.54, 1.807) is 14.2 Å². The highest BCUT2D eigenvalue weighted by atomic mass is 32.1. The maximum absolute atomic E-state index is 7.43. The Balaban J connectivity index is 2.07. The molecule has 0 radical (unpaired) electrons. The zero-order valence-corrected chi connectivity index (χ0v) is 14.7. The van der Waals surface area contributed by atoms with Gasteiger partial charge in [-0.3, -0.25) is 5.41 Å². The molecule has 3 aromatic rings. The van der Waals surface area contributed by atoms with E-state index in [2.05, 4.69) is 10.3 Å². The first-order chi connectivity index (χ1) is 12.1. The molecule has 25 heavy (non-hydrogen) atoms. The molecule has 0 spiro atoms. The van der Waals surface area contributed by atoms with Crippen LogP contribution in [0.3, 0.4) is 0 Å². The Bertz CT molecular complexity index is 808. The van der Waals surface area contributed by atoms with Gasteiger partial charge in [-0.15, -0.1) is 0 Å². The maximum atomic E-state index is 7.43. The molecule has 0 aliphatic carbocycles. The summed E-state index contributed by atoms with van der Waals surface area (Å²) in [5, 5.41) is 10.8. The average Bonchev–Trinajstić information content (AvgIpc) is 3.05. The second-order valence-electron chi connectivity index (χ2n) is 5.19. The van der Waals surface area contributed by atoms with Crippen LogP contribution in [0.25, 0.3) is 21.7 Å². The molecule has 0 amide bonds. The molecule has 128 valence electrons. The Kier molecular flexibility index (Phi) is 4.85. The number of anilines is 1. The number of hydrogen-bond acceptors (Lipinski definition) is 5. The molecule has 0 fully saturated rings. The van der Waals surface area contributed by atoms with Crippen molar-refractivity contribution in [3.8, 4) is 33.2 Å². The second kappa shape index (κ2) is 7.23. The van der Waals surface area contributed by atoms with Crippen LogP contribution >= 0.6 is 11.3 Å². The van der Waals surface area contributed by atoms with Crippen LogP contribution in [0.5, 0.6) is 11.5 Å². The van der Waals surface area contributed by atoms with Gasteiger partial charge in [0, 0.05) is 5.56 Å². The van der Waals surface area contributed by atoms with Crippen molar-refractivity contribution in [2.75, 3.05) is 19.5 Å². The lowest BCUT2D eigenvalue weighted by Gasteiger charge is -2.05. The summed E-state index contributed by atoms with van der Waals surface area (Å²) >= 11 is 1.44. The Hall–Kier alpha value is -3.06. The van der Waals surface area contributed by atoms with Crippen molar-refractivity contribution in [2.45, 2.75) is 0 Å². The van der Waals surface area contributed by atoms with Crippen LogP contribution in [0.1, 0.15) is 0 Å². The molecular formula is C18H18N4O2S. The van der Waals surface area contributed by atoms with E-state index in [1.165, 1.54) is 11.3 Å². The number of nitrogens with zero attached hydrogens (tertiary/aromatic N) is 1. The lowest BCUT2D eigenvalue weighted by atomic mass is 10.1. The van der Waals surface area contributed by atoms with Gasteiger partial charge in [0.15, 0.2) is 11.1 Å². The Morgan fingerprint density at radius 2 is 1.48 bits per heavy atom. The van der Waals surface area contributed by atoms with Gasteiger partial charge in [-0.2, -0.15) is 0 Å². The highest BCUT2D eigenvalue weighted by molar-refractivity contribution is 7.19. The molecule has 0 saturated heterocycles. The second-order valence-corrected chi connectivity index (χ2v) is 6.19. The summed E-state index contributed by atoms with van der Waals surface area (Å²) in [5.41, 5.74) is 8.24. The predicted molar refractivity (Wildman–Crippen MR) is 102 cm³/mol. The number of hydrogen-bond donors (Lipinski definition) is 3. The maximum Gasteiger partial charge on any atom is 0.192 e. The van der Waals surface area contributed by atoms with Crippen molar-refractivity contribution in [1.29, 1.82) is 5.41 Å². The number of guanidine groups is 1. The van der Waals surface area contributed by atoms with Gasteiger partial charge in [0.25, 0.3) is 0 Å². The van der Waals surface area contributed by atoms with Crippen molar-refractivity contribution >= 4 is 22.4 Å². The summed E-state index contributed by atoms with van der Waals surface area (Å²) in [4.78, 5) is 5.59. The fraction of sp³-hybridized carbons (Fsp3) is 0.111. The summed E-state index contributed by atoms with van der Waals surface area (Å²) in [5.74, 6) is 1.43. The van der Waals surface area contributed by atoms with E-state index < -0.39 is 0 Å². The molecule has 1 aromatic heterocycles. The molecule has 0 aliphatic heterocycles. The highest BCUT2D eigenvalue weighted by Crippen LogP contribution is 2.39. The summed E-state index contributed by atoms with van der Waals surface area (Å²) < 4.78 is 10.4. The number of rotatable bonds is 5. The number of ether oxygens (including phenoxy) is 2. The molecule has 3 rings (SSSR count). The van der Waals surface area contributed by atoms with Gasteiger partial charge < -0.3 is 20.5 Å². The van der Waals surface area contributed by atoms with Crippen LogP contribution in [0.15, 0.2) is 48.5 Å². The van der Waals surface area contributed by atoms with Crippen LogP contribution in [-0.2, 0) is 0 Å². The molecular weight excluding hydrogens is 336 g/mol. The number of benzene rings is 2. The monoisotopic (exact) mass is 354 g/mol. The number of aromatic nitrogens is 1. The van der Waals surface area contributed by atoms with Crippen LogP contribution in [0.2, 0.25) is 0 Å². The molecule has 0 aliphatic rings. The number of thiazole rings is 1. The lowest BCUT2D eigenvalue weighted by Crippen LogP contribution is -2.20. The first-order valence-electron chi connectivity index (χ1n) is 7.51. The van der Waals surface area contributed by atoms with E-state index in [1.807, 2.05) is 48.5 Å². The summed E-state index contributed by atoms with van der Waals surface area (Å²) in [6, 6.07) is 15.5. The molecule has 1 heterocycles. The number of methoxy groups -OCH3 is 2. The number of nitrogens with one attached hydrogen (secondary N) is 2. The van der Waals surface area contributed by atoms with Gasteiger partial charge in [-0.25, -0.2) is 4.98 Å². The minimum atomic E-state index is -0.142. The molecule has 0 saturated carbocycles. The van der Waals surface area contributed by atoms with Crippen molar-refractivity contribution in [1.82, 2.24) is 4.98 Å². The zero-order chi connectivity index (χ0) is 17.8. The molecule has 2 aromatic carbocycles. The van der Waals surface area contributed by atoms with Crippen molar-refractivity contribution in [3.05, 3.63) is 48.5 Å². The van der Waals surface area contributed by atoms with E-state index in [0.717, 1.165) is 33.2 Å². The SMILES string of the molecule is COc1ccc(-c2nc(NC(=N)N)sc2-c2ccc(OC)cc2)cc1. The van der Waals surface area contributed by atoms with Crippen molar-refractivity contribution < 1.29 is 9.47 Å². The molecule has 4 N–H and O–H groups in total. The largest absolute Gasteiger partial charge is 0.497 e. The molecule has 0 atom stereocenters. The molecule has 0 unspecified atom stereocenters. The molecule has 7 heteroatoms. The van der Waals surface area contributed by atoms with Crippen molar-refractivity contribution in [3.63, 3.8) is 0 Å². The van der Waals surface area contributed by atoms with E-state index >= 15 is 0 Å². The van der Waals surface area contributed by atoms with E-state index in [4.69, 9.17) is 20.6 Å². The topological polar surface area (TPSA) is 93.2 Å². The molecule has 0 bridgehead atoms. The lowest BCUT2D eigenvalue weighted by molar-refractivity contribution is 0.414. The van der Waals surface area contributed by atoms with Gasteiger partial charge in [0.1, 0.15) is 11.5 Å². The predicted octanol–water partition coefficient (Wildman–Crippen LogP) is 3.80. The highest BCUT2D eigenvalue weighted by Gasteiger charge is 2.15. The smallest absolute Gasteiger partial charge is 0.192 e. The van der Waals surface area contributed by atoms with E-state index in [9.17, 15) is 0 Å². The van der Waals surface area contributed by atoms with Crippen molar-refractivity contribution in [2.24, 2.45) is 5.73 Å². The Morgan fingerprint density at radius 3 is 1.96 bits per heavy atom. The van der Waals surface area contributed by atoms with Gasteiger partial charge >= 0.3 is 0 Å². The normalized spacial score (nSPS) is 10.3. The van der Waals surface area contributed by atoms with Crippen LogP contribution in [-0.4, -0.2) is 25.2 Å². The van der Waals surface area contributed by atoms with Crippen LogP contribution in [0, 0.1) is 5.41 Å². The van der Waals surface area contributed by atoms with Crippen LogP contribution < -0.4 is 20.5 Å². The van der Waals surface area contributed by atoms with Gasteiger partial charge in [0.2, 0.25) is 0 Å². The average molecular weight is 354 g/mol. The number of nitrogens with two attached hydrogens (primary N) is 1. The molecule has 6 nitrogen and oxygen atoms in total. The fourth-order valence-corrected chi connectivity index (χ4v) is 3.38. The minimum Gasteiger partial charge on any atom is -0.497 e. The fourth-order valence-electron chi connectivity index (χ4n) is 2.37. The quantitative estimate of drug-likeness (QED) is 0.479. The Morgan fingerprint density at radius 1 is 0.960 bits per heavy atom. The summed E-state index contributed by atoms with van der Waals surface area (Å²) in [6.45, 7) is 0. The van der Waals surface area contributed by atoms with Crippen LogP contribution in [0.4, 0.5) is 5.13 Å². The zero-order valence-electron chi connectivity index (χ0n) is 13.9. The summed E-state index contributed by atoms with van der Waals surface area (Å²) in [6.07, 6.45) is 0. The third kappa shape index (κ3) is 3.72. The van der Waals surface area contributed by atoms with Gasteiger partial charge in [0.05, 0.1) is 24.8 Å². The third-order valence-corrected chi connectivity index (χ3v) is 4.60. The first kappa shape index (κ1) is 16.8. The van der Waals surface area contributed by atoms with Gasteiger partial charge in [-0.05, 0) is 54.1 Å². The third-order valence-electron chi connectivity index (χ3n) is 3.58. The Labute approximate surface area is 149 Å². The standard InChI is InChI=1S/C18H18N4O2S/c1-23-13-7-3-11(4-8-13)15-16(25-18(21-15)22-17(19)20)12-5-9-14(24-2)10-6-12/h3-10H,1-2H3,(H4,19,20,21,22). The first-order valence-corrected chi connectivity index (χ1v) is 8.33. The minimum absolute atomic E-state index is 0.142. The summed E-state index contributed by atoms with van der Waals surface area (Å²) in [7, 11) is 3.27. The van der Waals surface area contributed by atoms with E-state index in [0.29, 0.717) is 5.13 Å². The van der Waals surface area contributed by atoms with Gasteiger partial charge in [-0.1, -0.05) is 11.3 Å².